The van der Waals surface area contributed by atoms with E-state index in [-0.39, 0.29) is 6.61 Å². The lowest BCUT2D eigenvalue weighted by molar-refractivity contribution is 0.268. The van der Waals surface area contributed by atoms with Gasteiger partial charge < -0.3 is 10.4 Å². The molecule has 5 nitrogen and oxygen atoms in total. The van der Waals surface area contributed by atoms with Crippen LogP contribution in [0.1, 0.15) is 22.6 Å². The summed E-state index contributed by atoms with van der Waals surface area (Å²) in [5.41, 5.74) is 4.24. The Labute approximate surface area is 113 Å². The lowest BCUT2D eigenvalue weighted by Gasteiger charge is -2.07. The second-order valence-electron chi connectivity index (χ2n) is 4.61. The number of hydrogen-bond acceptors (Lipinski definition) is 4. The zero-order valence-corrected chi connectivity index (χ0v) is 11.6. The van der Waals surface area contributed by atoms with Crippen LogP contribution in [0.5, 0.6) is 0 Å². The Bertz CT molecular complexity index is 563. The number of anilines is 1. The van der Waals surface area contributed by atoms with Crippen molar-refractivity contribution in [1.82, 2.24) is 14.8 Å². The van der Waals surface area contributed by atoms with Crippen molar-refractivity contribution in [2.24, 2.45) is 0 Å². The van der Waals surface area contributed by atoms with E-state index in [4.69, 9.17) is 5.11 Å². The quantitative estimate of drug-likeness (QED) is 0.860. The number of aryl methyl sites for hydroxylation is 2. The second kappa shape index (κ2) is 5.84. The zero-order valence-electron chi connectivity index (χ0n) is 11.6. The van der Waals surface area contributed by atoms with Crippen molar-refractivity contribution in [3.8, 4) is 0 Å². The molecule has 0 atom stereocenters. The van der Waals surface area contributed by atoms with E-state index in [1.165, 1.54) is 0 Å². The van der Waals surface area contributed by atoms with Crippen LogP contribution >= 0.6 is 0 Å². The van der Waals surface area contributed by atoms with Gasteiger partial charge in [0, 0.05) is 23.5 Å². The van der Waals surface area contributed by atoms with Crippen molar-refractivity contribution in [3.63, 3.8) is 0 Å². The summed E-state index contributed by atoms with van der Waals surface area (Å²) in [6.07, 6.45) is 0. The number of hydrogen-bond donors (Lipinski definition) is 2. The SMILES string of the molecule is Cc1cccc(NCc2c(C)nn(CCO)c2C)n1. The summed E-state index contributed by atoms with van der Waals surface area (Å²) >= 11 is 0. The van der Waals surface area contributed by atoms with Crippen molar-refractivity contribution < 1.29 is 5.11 Å². The summed E-state index contributed by atoms with van der Waals surface area (Å²) in [6.45, 7) is 7.32. The number of nitrogens with one attached hydrogen (secondary N) is 1. The molecule has 0 fully saturated rings. The van der Waals surface area contributed by atoms with Gasteiger partial charge in [-0.1, -0.05) is 6.07 Å². The molecule has 0 saturated heterocycles. The van der Waals surface area contributed by atoms with E-state index in [0.717, 1.165) is 28.5 Å². The van der Waals surface area contributed by atoms with Crippen molar-refractivity contribution in [3.05, 3.63) is 40.8 Å². The number of aliphatic hydroxyl groups is 1. The average Bonchev–Trinajstić information content (AvgIpc) is 2.63. The minimum Gasteiger partial charge on any atom is -0.394 e. The second-order valence-corrected chi connectivity index (χ2v) is 4.61. The summed E-state index contributed by atoms with van der Waals surface area (Å²) in [7, 11) is 0. The molecule has 102 valence electrons. The summed E-state index contributed by atoms with van der Waals surface area (Å²) < 4.78 is 1.84. The van der Waals surface area contributed by atoms with Gasteiger partial charge in [0.05, 0.1) is 18.8 Å². The fraction of sp³-hybridized carbons (Fsp3) is 0.429. The fourth-order valence-corrected chi connectivity index (χ4v) is 2.12. The van der Waals surface area contributed by atoms with Gasteiger partial charge >= 0.3 is 0 Å². The Morgan fingerprint density at radius 1 is 1.26 bits per heavy atom. The molecule has 0 aliphatic carbocycles. The number of rotatable bonds is 5. The lowest BCUT2D eigenvalue weighted by atomic mass is 10.2. The van der Waals surface area contributed by atoms with Gasteiger partial charge in [-0.05, 0) is 32.9 Å². The van der Waals surface area contributed by atoms with E-state index in [2.05, 4.69) is 15.4 Å². The van der Waals surface area contributed by atoms with Gasteiger partial charge in [-0.25, -0.2) is 4.98 Å². The summed E-state index contributed by atoms with van der Waals surface area (Å²) in [6, 6.07) is 5.91. The van der Waals surface area contributed by atoms with E-state index in [1.54, 1.807) is 0 Å². The Kier molecular flexibility index (Phi) is 4.16. The highest BCUT2D eigenvalue weighted by Crippen LogP contribution is 2.15. The smallest absolute Gasteiger partial charge is 0.126 e. The molecular weight excluding hydrogens is 240 g/mol. The third-order valence-electron chi connectivity index (χ3n) is 3.18. The van der Waals surface area contributed by atoms with Crippen molar-refractivity contribution in [2.75, 3.05) is 11.9 Å². The standard InChI is InChI=1S/C14H20N4O/c1-10-5-4-6-14(16-10)15-9-13-11(2)17-18(7-8-19)12(13)3/h4-6,19H,7-9H2,1-3H3,(H,15,16). The van der Waals surface area contributed by atoms with Gasteiger partial charge in [0.15, 0.2) is 0 Å². The van der Waals surface area contributed by atoms with E-state index in [1.807, 2.05) is 43.7 Å². The lowest BCUT2D eigenvalue weighted by Crippen LogP contribution is -2.07. The van der Waals surface area contributed by atoms with Gasteiger partial charge in [0.25, 0.3) is 0 Å². The molecule has 2 rings (SSSR count). The minimum atomic E-state index is 0.105. The Hall–Kier alpha value is -1.88. The van der Waals surface area contributed by atoms with Crippen molar-refractivity contribution in [2.45, 2.75) is 33.9 Å². The molecule has 2 N–H and O–H groups in total. The highest BCUT2D eigenvalue weighted by Gasteiger charge is 2.10. The highest BCUT2D eigenvalue weighted by atomic mass is 16.3. The molecule has 2 aromatic heterocycles. The van der Waals surface area contributed by atoms with Crippen LogP contribution in [0.15, 0.2) is 18.2 Å². The molecule has 0 saturated carbocycles. The van der Waals surface area contributed by atoms with Gasteiger partial charge in [0.1, 0.15) is 5.82 Å². The predicted molar refractivity (Wildman–Crippen MR) is 75.1 cm³/mol. The first-order chi connectivity index (χ1) is 9.11. The Balaban J connectivity index is 2.11. The van der Waals surface area contributed by atoms with Crippen LogP contribution in [-0.4, -0.2) is 26.5 Å². The van der Waals surface area contributed by atoms with Crippen LogP contribution in [0.25, 0.3) is 0 Å². The first-order valence-corrected chi connectivity index (χ1v) is 6.43. The van der Waals surface area contributed by atoms with E-state index in [0.29, 0.717) is 13.1 Å². The predicted octanol–water partition coefficient (Wildman–Crippen LogP) is 1.81. The minimum absolute atomic E-state index is 0.105. The first kappa shape index (κ1) is 13.5. The third kappa shape index (κ3) is 3.12. The molecule has 0 amide bonds. The molecule has 0 aliphatic rings. The van der Waals surface area contributed by atoms with E-state index < -0.39 is 0 Å². The molecule has 0 spiro atoms. The Morgan fingerprint density at radius 2 is 2.05 bits per heavy atom. The monoisotopic (exact) mass is 260 g/mol. The average molecular weight is 260 g/mol. The van der Waals surface area contributed by atoms with Crippen LogP contribution in [0.3, 0.4) is 0 Å². The molecule has 0 bridgehead atoms. The first-order valence-electron chi connectivity index (χ1n) is 6.43. The maximum atomic E-state index is 9.00. The molecule has 0 radical (unpaired) electrons. The molecule has 0 aliphatic heterocycles. The van der Waals surface area contributed by atoms with Gasteiger partial charge in [-0.2, -0.15) is 5.10 Å². The summed E-state index contributed by atoms with van der Waals surface area (Å²) in [5, 5.41) is 16.7. The molecule has 5 heteroatoms. The topological polar surface area (TPSA) is 63.0 Å². The molecule has 19 heavy (non-hydrogen) atoms. The van der Waals surface area contributed by atoms with Crippen molar-refractivity contribution >= 4 is 5.82 Å². The van der Waals surface area contributed by atoms with Crippen molar-refractivity contribution in [1.29, 1.82) is 0 Å². The van der Waals surface area contributed by atoms with E-state index in [9.17, 15) is 0 Å². The van der Waals surface area contributed by atoms with E-state index >= 15 is 0 Å². The zero-order chi connectivity index (χ0) is 13.8. The number of nitrogens with zero attached hydrogens (tertiary/aromatic N) is 3. The van der Waals surface area contributed by atoms with Crippen LogP contribution in [0.2, 0.25) is 0 Å². The fourth-order valence-electron chi connectivity index (χ4n) is 2.12. The van der Waals surface area contributed by atoms with Gasteiger partial charge in [0.2, 0.25) is 0 Å². The van der Waals surface area contributed by atoms with Gasteiger partial charge in [-0.3, -0.25) is 4.68 Å². The maximum absolute atomic E-state index is 9.00. The highest BCUT2D eigenvalue weighted by molar-refractivity contribution is 5.38. The molecule has 0 unspecified atom stereocenters. The molecule has 2 heterocycles. The summed E-state index contributed by atoms with van der Waals surface area (Å²) in [5.74, 6) is 0.869. The molecule has 0 aromatic carbocycles. The van der Waals surface area contributed by atoms with Crippen LogP contribution in [0.4, 0.5) is 5.82 Å². The third-order valence-corrected chi connectivity index (χ3v) is 3.18. The largest absolute Gasteiger partial charge is 0.394 e. The van der Waals surface area contributed by atoms with Crippen LogP contribution < -0.4 is 5.32 Å². The number of pyridine rings is 1. The van der Waals surface area contributed by atoms with Crippen LogP contribution in [0, 0.1) is 20.8 Å². The molecular formula is C14H20N4O. The van der Waals surface area contributed by atoms with Gasteiger partial charge in [-0.15, -0.1) is 0 Å². The normalized spacial score (nSPS) is 10.7. The number of aliphatic hydroxyl groups excluding tert-OH is 1. The van der Waals surface area contributed by atoms with Crippen LogP contribution in [-0.2, 0) is 13.1 Å². The maximum Gasteiger partial charge on any atom is 0.126 e. The summed E-state index contributed by atoms with van der Waals surface area (Å²) in [4.78, 5) is 4.41. The number of aromatic nitrogens is 3. The Morgan fingerprint density at radius 3 is 2.74 bits per heavy atom. The molecule has 2 aromatic rings.